The molecule has 17 heavy (non-hydrogen) atoms. The van der Waals surface area contributed by atoms with Gasteiger partial charge in [0, 0.05) is 0 Å². The van der Waals surface area contributed by atoms with Crippen molar-refractivity contribution in [3.63, 3.8) is 0 Å². The number of ether oxygens (including phenoxy) is 1. The van der Waals surface area contributed by atoms with Crippen molar-refractivity contribution in [2.75, 3.05) is 6.61 Å². The minimum Gasteiger partial charge on any atom is -0.494 e. The Morgan fingerprint density at radius 1 is 1.18 bits per heavy atom. The largest absolute Gasteiger partial charge is 0.494 e. The molecule has 1 heterocycles. The number of nitrogens with one attached hydrogen (secondary N) is 2. The first kappa shape index (κ1) is 11.2. The summed E-state index contributed by atoms with van der Waals surface area (Å²) in [6.07, 6.45) is 1.61. The summed E-state index contributed by atoms with van der Waals surface area (Å²) in [6, 6.07) is 6.76. The molecule has 1 fully saturated rings. The number of hydrogen-bond donors (Lipinski definition) is 2. The normalized spacial score (nSPS) is 16.9. The van der Waals surface area contributed by atoms with E-state index in [0.29, 0.717) is 6.61 Å². The lowest BCUT2D eigenvalue weighted by Gasteiger charge is -2.02. The molecule has 3 amide bonds. The smallest absolute Gasteiger partial charge is 0.326 e. The van der Waals surface area contributed by atoms with Gasteiger partial charge in [0.25, 0.3) is 5.91 Å². The zero-order valence-corrected chi connectivity index (χ0v) is 9.32. The molecule has 1 saturated heterocycles. The van der Waals surface area contributed by atoms with E-state index in [2.05, 4.69) is 10.6 Å². The fourth-order valence-electron chi connectivity index (χ4n) is 1.48. The van der Waals surface area contributed by atoms with Gasteiger partial charge in [-0.25, -0.2) is 4.79 Å². The zero-order chi connectivity index (χ0) is 12.3. The molecule has 5 heteroatoms. The zero-order valence-electron chi connectivity index (χ0n) is 9.32. The average molecular weight is 232 g/mol. The third kappa shape index (κ3) is 2.63. The van der Waals surface area contributed by atoms with Gasteiger partial charge in [-0.15, -0.1) is 0 Å². The van der Waals surface area contributed by atoms with E-state index in [9.17, 15) is 9.59 Å². The highest BCUT2D eigenvalue weighted by Gasteiger charge is 2.22. The first-order valence-corrected chi connectivity index (χ1v) is 5.26. The van der Waals surface area contributed by atoms with Crippen LogP contribution < -0.4 is 15.4 Å². The van der Waals surface area contributed by atoms with Crippen molar-refractivity contribution < 1.29 is 14.3 Å². The Hall–Kier alpha value is -2.30. The average Bonchev–Trinajstić information content (AvgIpc) is 2.61. The molecule has 0 unspecified atom stereocenters. The lowest BCUT2D eigenvalue weighted by molar-refractivity contribution is -0.115. The van der Waals surface area contributed by atoms with Crippen LogP contribution in [-0.4, -0.2) is 18.5 Å². The van der Waals surface area contributed by atoms with Gasteiger partial charge in [0.05, 0.1) is 6.61 Å². The van der Waals surface area contributed by atoms with Crippen LogP contribution in [0.4, 0.5) is 4.79 Å². The predicted octanol–water partition coefficient (Wildman–Crippen LogP) is 1.27. The van der Waals surface area contributed by atoms with Crippen LogP contribution in [0.2, 0.25) is 0 Å². The summed E-state index contributed by atoms with van der Waals surface area (Å²) in [6.45, 7) is 2.52. The van der Waals surface area contributed by atoms with Gasteiger partial charge in [-0.3, -0.25) is 10.1 Å². The maximum Gasteiger partial charge on any atom is 0.326 e. The number of hydrogen-bond acceptors (Lipinski definition) is 3. The van der Waals surface area contributed by atoms with E-state index in [1.54, 1.807) is 6.08 Å². The number of benzene rings is 1. The van der Waals surface area contributed by atoms with Crippen molar-refractivity contribution in [2.45, 2.75) is 6.92 Å². The van der Waals surface area contributed by atoms with Crippen molar-refractivity contribution in [1.29, 1.82) is 0 Å². The van der Waals surface area contributed by atoms with Crippen LogP contribution >= 0.6 is 0 Å². The molecule has 5 nitrogen and oxygen atoms in total. The summed E-state index contributed by atoms with van der Waals surface area (Å²) >= 11 is 0. The minimum atomic E-state index is -0.493. The van der Waals surface area contributed by atoms with Crippen LogP contribution in [0.5, 0.6) is 5.75 Å². The number of urea groups is 1. The number of amides is 3. The molecule has 1 aromatic carbocycles. The SMILES string of the molecule is CCOc1ccc(C=C2NC(=O)NC2=O)cc1. The Kier molecular flexibility index (Phi) is 3.09. The van der Waals surface area contributed by atoms with Gasteiger partial charge in [0.15, 0.2) is 0 Å². The summed E-state index contributed by atoms with van der Waals surface area (Å²) < 4.78 is 5.30. The Bertz CT molecular complexity index is 477. The molecule has 0 aliphatic carbocycles. The molecule has 88 valence electrons. The van der Waals surface area contributed by atoms with E-state index in [1.165, 1.54) is 0 Å². The van der Waals surface area contributed by atoms with Crippen LogP contribution in [0.1, 0.15) is 12.5 Å². The molecule has 1 aromatic rings. The highest BCUT2D eigenvalue weighted by molar-refractivity contribution is 6.13. The van der Waals surface area contributed by atoms with Crippen LogP contribution in [0.25, 0.3) is 6.08 Å². The van der Waals surface area contributed by atoms with E-state index >= 15 is 0 Å². The molecule has 0 saturated carbocycles. The summed E-state index contributed by atoms with van der Waals surface area (Å²) in [5.41, 5.74) is 1.07. The number of imide groups is 1. The van der Waals surface area contributed by atoms with Crippen molar-refractivity contribution in [3.8, 4) is 5.75 Å². The molecule has 0 aromatic heterocycles. The number of rotatable bonds is 3. The van der Waals surface area contributed by atoms with Crippen LogP contribution in [0, 0.1) is 0 Å². The Morgan fingerprint density at radius 3 is 2.41 bits per heavy atom. The molecular weight excluding hydrogens is 220 g/mol. The van der Waals surface area contributed by atoms with E-state index in [0.717, 1.165) is 11.3 Å². The maximum absolute atomic E-state index is 11.3. The van der Waals surface area contributed by atoms with Crippen LogP contribution in [0.3, 0.4) is 0 Å². The van der Waals surface area contributed by atoms with Crippen molar-refractivity contribution in [3.05, 3.63) is 35.5 Å². The second kappa shape index (κ2) is 4.69. The lowest BCUT2D eigenvalue weighted by Crippen LogP contribution is -2.22. The van der Waals surface area contributed by atoms with Gasteiger partial charge in [0.2, 0.25) is 0 Å². The van der Waals surface area contributed by atoms with Gasteiger partial charge < -0.3 is 10.1 Å². The Labute approximate surface area is 98.5 Å². The first-order chi connectivity index (χ1) is 8.19. The van der Waals surface area contributed by atoms with E-state index in [-0.39, 0.29) is 5.70 Å². The van der Waals surface area contributed by atoms with Crippen molar-refractivity contribution >= 4 is 18.0 Å². The Morgan fingerprint density at radius 2 is 1.88 bits per heavy atom. The summed E-state index contributed by atoms with van der Waals surface area (Å²) in [5, 5.41) is 4.56. The summed E-state index contributed by atoms with van der Waals surface area (Å²) in [7, 11) is 0. The van der Waals surface area contributed by atoms with Gasteiger partial charge in [-0.2, -0.15) is 0 Å². The number of carbonyl (C=O) groups excluding carboxylic acids is 2. The highest BCUT2D eigenvalue weighted by Crippen LogP contribution is 2.14. The van der Waals surface area contributed by atoms with Gasteiger partial charge in [-0.1, -0.05) is 12.1 Å². The molecule has 0 atom stereocenters. The molecule has 0 bridgehead atoms. The predicted molar refractivity (Wildman–Crippen MR) is 62.3 cm³/mol. The molecule has 0 spiro atoms. The first-order valence-electron chi connectivity index (χ1n) is 5.26. The standard InChI is InChI=1S/C12H12N2O3/c1-2-17-9-5-3-8(4-6-9)7-10-11(15)14-12(16)13-10/h3-7H,2H2,1H3,(H2,13,14,15,16). The van der Waals surface area contributed by atoms with E-state index in [1.807, 2.05) is 31.2 Å². The fourth-order valence-corrected chi connectivity index (χ4v) is 1.48. The van der Waals surface area contributed by atoms with E-state index in [4.69, 9.17) is 4.74 Å². The molecular formula is C12H12N2O3. The second-order valence-corrected chi connectivity index (χ2v) is 3.47. The van der Waals surface area contributed by atoms with Gasteiger partial charge in [0.1, 0.15) is 11.4 Å². The molecule has 2 N–H and O–H groups in total. The molecule has 2 rings (SSSR count). The molecule has 1 aliphatic rings. The van der Waals surface area contributed by atoms with Crippen LogP contribution in [0.15, 0.2) is 30.0 Å². The summed E-state index contributed by atoms with van der Waals surface area (Å²) in [5.74, 6) is 0.360. The molecule has 0 radical (unpaired) electrons. The topological polar surface area (TPSA) is 67.4 Å². The minimum absolute atomic E-state index is 0.249. The van der Waals surface area contributed by atoms with Crippen LogP contribution in [-0.2, 0) is 4.79 Å². The quantitative estimate of drug-likeness (QED) is 0.609. The third-order valence-corrected chi connectivity index (χ3v) is 2.22. The number of carbonyl (C=O) groups is 2. The van der Waals surface area contributed by atoms with Crippen molar-refractivity contribution in [1.82, 2.24) is 10.6 Å². The monoisotopic (exact) mass is 232 g/mol. The third-order valence-electron chi connectivity index (χ3n) is 2.22. The fraction of sp³-hybridized carbons (Fsp3) is 0.167. The highest BCUT2D eigenvalue weighted by atomic mass is 16.5. The van der Waals surface area contributed by atoms with Gasteiger partial charge >= 0.3 is 6.03 Å². The lowest BCUT2D eigenvalue weighted by atomic mass is 10.2. The summed E-state index contributed by atoms with van der Waals surface area (Å²) in [4.78, 5) is 22.2. The van der Waals surface area contributed by atoms with Crippen molar-refractivity contribution in [2.24, 2.45) is 0 Å². The van der Waals surface area contributed by atoms with E-state index < -0.39 is 11.9 Å². The molecule has 1 aliphatic heterocycles. The van der Waals surface area contributed by atoms with Gasteiger partial charge in [-0.05, 0) is 30.7 Å². The maximum atomic E-state index is 11.3. The second-order valence-electron chi connectivity index (χ2n) is 3.47. The Balaban J connectivity index is 2.16.